The standard InChI is InChI=1S/C4H5N3O2S.Na.H/c1-7-4(10)5-2(8)3(9)6-7;;/h1H3,(H,6,9)(H,5,8,10);;/q;+1;-1. The van der Waals surface area contributed by atoms with Gasteiger partial charge in [0.15, 0.2) is 4.77 Å². The van der Waals surface area contributed by atoms with Gasteiger partial charge in [-0.15, -0.1) is 0 Å². The number of rotatable bonds is 0. The minimum Gasteiger partial charge on any atom is -1.00 e. The fourth-order valence-corrected chi connectivity index (χ4v) is 0.630. The molecule has 0 saturated heterocycles. The van der Waals surface area contributed by atoms with E-state index in [1.54, 1.807) is 7.05 Å². The molecular weight excluding hydrogens is 177 g/mol. The van der Waals surface area contributed by atoms with Crippen LogP contribution in [0.5, 0.6) is 0 Å². The summed E-state index contributed by atoms with van der Waals surface area (Å²) in [6.07, 6.45) is 0. The van der Waals surface area contributed by atoms with Gasteiger partial charge in [-0.25, -0.2) is 0 Å². The van der Waals surface area contributed by atoms with Crippen molar-refractivity contribution in [3.8, 4) is 0 Å². The molecule has 0 aliphatic rings. The molecule has 0 atom stereocenters. The SMILES string of the molecule is Cn1[nH]c(=O)c(=O)[nH]c1=S.[H-].[Na+]. The van der Waals surface area contributed by atoms with E-state index in [2.05, 4.69) is 22.3 Å². The second-order valence-corrected chi connectivity index (χ2v) is 2.15. The van der Waals surface area contributed by atoms with E-state index in [-0.39, 0.29) is 35.8 Å². The predicted octanol–water partition coefficient (Wildman–Crippen LogP) is -3.75. The first-order valence-corrected chi connectivity index (χ1v) is 2.92. The molecule has 56 valence electrons. The zero-order chi connectivity index (χ0) is 7.72. The third-order valence-electron chi connectivity index (χ3n) is 1.00. The van der Waals surface area contributed by atoms with Crippen molar-refractivity contribution in [3.05, 3.63) is 25.5 Å². The topological polar surface area (TPSA) is 70.7 Å². The fourth-order valence-electron chi connectivity index (χ4n) is 0.492. The molecule has 0 radical (unpaired) electrons. The molecule has 0 unspecified atom stereocenters. The van der Waals surface area contributed by atoms with Crippen LogP contribution in [0.1, 0.15) is 1.43 Å². The Morgan fingerprint density at radius 2 is 2.00 bits per heavy atom. The third-order valence-corrected chi connectivity index (χ3v) is 1.38. The smallest absolute Gasteiger partial charge is 1.00 e. The summed E-state index contributed by atoms with van der Waals surface area (Å²) in [6.45, 7) is 0. The number of hydrogen-bond acceptors (Lipinski definition) is 3. The van der Waals surface area contributed by atoms with Gasteiger partial charge in [0.2, 0.25) is 0 Å². The fraction of sp³-hybridized carbons (Fsp3) is 0.250. The van der Waals surface area contributed by atoms with Crippen LogP contribution in [-0.2, 0) is 7.05 Å². The Bertz CT molecular complexity index is 408. The quantitative estimate of drug-likeness (QED) is 0.246. The summed E-state index contributed by atoms with van der Waals surface area (Å²) in [4.78, 5) is 23.2. The Morgan fingerprint density at radius 3 is 2.45 bits per heavy atom. The summed E-state index contributed by atoms with van der Waals surface area (Å²) in [5, 5.41) is 2.22. The minimum atomic E-state index is -0.719. The molecule has 1 aromatic rings. The zero-order valence-electron chi connectivity index (χ0n) is 7.17. The van der Waals surface area contributed by atoms with Crippen LogP contribution in [0.2, 0.25) is 0 Å². The predicted molar refractivity (Wildman–Crippen MR) is 38.6 cm³/mol. The van der Waals surface area contributed by atoms with Crippen molar-refractivity contribution >= 4 is 12.2 Å². The van der Waals surface area contributed by atoms with Crippen LogP contribution in [0.25, 0.3) is 0 Å². The largest absolute Gasteiger partial charge is 1.00 e. The van der Waals surface area contributed by atoms with Gasteiger partial charge in [0, 0.05) is 7.05 Å². The van der Waals surface area contributed by atoms with E-state index in [0.717, 1.165) is 0 Å². The molecule has 1 rings (SSSR count). The first-order chi connectivity index (χ1) is 4.61. The maximum atomic E-state index is 10.5. The van der Waals surface area contributed by atoms with Crippen LogP contribution in [0, 0.1) is 4.77 Å². The average molecular weight is 183 g/mol. The Labute approximate surface area is 90.2 Å². The number of H-pyrrole nitrogens is 2. The van der Waals surface area contributed by atoms with Gasteiger partial charge >= 0.3 is 40.7 Å². The third kappa shape index (κ3) is 2.41. The molecular formula is C4H6N3NaO2S. The Balaban J connectivity index is 0. The first-order valence-electron chi connectivity index (χ1n) is 2.51. The van der Waals surface area contributed by atoms with E-state index in [9.17, 15) is 9.59 Å². The summed E-state index contributed by atoms with van der Waals surface area (Å²) >= 11 is 4.64. The molecule has 0 fully saturated rings. The maximum absolute atomic E-state index is 10.5. The summed E-state index contributed by atoms with van der Waals surface area (Å²) in [6, 6.07) is 0. The van der Waals surface area contributed by atoms with E-state index in [4.69, 9.17) is 0 Å². The van der Waals surface area contributed by atoms with Crippen molar-refractivity contribution in [2.45, 2.75) is 0 Å². The molecule has 0 spiro atoms. The van der Waals surface area contributed by atoms with E-state index in [0.29, 0.717) is 0 Å². The summed E-state index contributed by atoms with van der Waals surface area (Å²) in [5.74, 6) is 0. The van der Waals surface area contributed by atoms with Gasteiger partial charge in [0.25, 0.3) is 0 Å². The minimum absolute atomic E-state index is 0. The van der Waals surface area contributed by atoms with Crippen molar-refractivity contribution in [1.29, 1.82) is 0 Å². The molecule has 0 aliphatic heterocycles. The van der Waals surface area contributed by atoms with E-state index in [1.807, 2.05) is 0 Å². The molecule has 0 aromatic carbocycles. The maximum Gasteiger partial charge on any atom is 1.00 e. The first kappa shape index (κ1) is 10.8. The molecule has 0 amide bonds. The van der Waals surface area contributed by atoms with Gasteiger partial charge in [0.1, 0.15) is 0 Å². The molecule has 1 aromatic heterocycles. The second-order valence-electron chi connectivity index (χ2n) is 1.76. The van der Waals surface area contributed by atoms with Crippen molar-refractivity contribution in [2.75, 3.05) is 0 Å². The molecule has 0 bridgehead atoms. The van der Waals surface area contributed by atoms with Crippen LogP contribution in [0.4, 0.5) is 0 Å². The number of aromatic nitrogens is 3. The van der Waals surface area contributed by atoms with Gasteiger partial charge in [-0.3, -0.25) is 24.4 Å². The van der Waals surface area contributed by atoms with Crippen LogP contribution < -0.4 is 40.7 Å². The van der Waals surface area contributed by atoms with Crippen molar-refractivity contribution in [3.63, 3.8) is 0 Å². The van der Waals surface area contributed by atoms with E-state index >= 15 is 0 Å². The Morgan fingerprint density at radius 1 is 1.45 bits per heavy atom. The number of aryl methyl sites for hydroxylation is 1. The average Bonchev–Trinajstić information content (AvgIpc) is 1.84. The number of nitrogens with zero attached hydrogens (tertiary/aromatic N) is 1. The van der Waals surface area contributed by atoms with Crippen molar-refractivity contribution < 1.29 is 31.0 Å². The normalized spacial score (nSPS) is 8.82. The van der Waals surface area contributed by atoms with Crippen LogP contribution in [0.3, 0.4) is 0 Å². The van der Waals surface area contributed by atoms with Gasteiger partial charge in [-0.2, -0.15) is 0 Å². The van der Waals surface area contributed by atoms with Crippen LogP contribution in [-0.4, -0.2) is 14.8 Å². The summed E-state index contributed by atoms with van der Waals surface area (Å²) in [5.41, 5.74) is -1.42. The monoisotopic (exact) mass is 183 g/mol. The molecule has 7 heteroatoms. The molecule has 5 nitrogen and oxygen atoms in total. The van der Waals surface area contributed by atoms with Crippen molar-refractivity contribution in [1.82, 2.24) is 14.8 Å². The molecule has 0 aliphatic carbocycles. The van der Waals surface area contributed by atoms with Gasteiger partial charge in [-0.05, 0) is 12.2 Å². The van der Waals surface area contributed by atoms with E-state index < -0.39 is 11.1 Å². The van der Waals surface area contributed by atoms with Gasteiger partial charge in [-0.1, -0.05) is 0 Å². The Kier molecular flexibility index (Phi) is 3.95. The van der Waals surface area contributed by atoms with Crippen molar-refractivity contribution in [2.24, 2.45) is 7.05 Å². The molecule has 1 heterocycles. The van der Waals surface area contributed by atoms with E-state index in [1.165, 1.54) is 4.68 Å². The van der Waals surface area contributed by atoms with Gasteiger partial charge in [0.05, 0.1) is 0 Å². The van der Waals surface area contributed by atoms with Gasteiger partial charge < -0.3 is 1.43 Å². The summed E-state index contributed by atoms with van der Waals surface area (Å²) in [7, 11) is 1.54. The number of hydrogen-bond donors (Lipinski definition) is 2. The van der Waals surface area contributed by atoms with Crippen LogP contribution in [0.15, 0.2) is 9.59 Å². The Hall–Kier alpha value is -0.170. The molecule has 0 saturated carbocycles. The molecule has 2 N–H and O–H groups in total. The summed E-state index contributed by atoms with van der Waals surface area (Å²) < 4.78 is 1.46. The van der Waals surface area contributed by atoms with Crippen LogP contribution >= 0.6 is 12.2 Å². The second kappa shape index (κ2) is 4.01. The molecule has 11 heavy (non-hydrogen) atoms. The number of nitrogens with one attached hydrogen (secondary N) is 2. The zero-order valence-corrected chi connectivity index (χ0v) is 8.99. The number of aromatic amines is 2.